The summed E-state index contributed by atoms with van der Waals surface area (Å²) in [6.07, 6.45) is 0. The van der Waals surface area contributed by atoms with Crippen LogP contribution in [0, 0.1) is 0 Å². The summed E-state index contributed by atoms with van der Waals surface area (Å²) in [6.45, 7) is -1.49. The number of nitrogens with two attached hydrogens (primary N) is 1. The monoisotopic (exact) mass is 364 g/mol. The average molecular weight is 364 g/mol. The summed E-state index contributed by atoms with van der Waals surface area (Å²) in [6, 6.07) is 12.0. The van der Waals surface area contributed by atoms with E-state index in [0.29, 0.717) is 5.56 Å². The molecule has 26 heavy (non-hydrogen) atoms. The molecular weight excluding hydrogens is 346 g/mol. The van der Waals surface area contributed by atoms with E-state index in [1.165, 1.54) is 12.1 Å². The van der Waals surface area contributed by atoms with Crippen molar-refractivity contribution in [1.29, 1.82) is 0 Å². The number of hydrogen-bond donors (Lipinski definition) is 2. The maximum absolute atomic E-state index is 12.5. The molecule has 1 unspecified atom stereocenters. The number of carbonyl (C=O) groups excluding carboxylic acids is 2. The molecule has 2 rings (SSSR count). The van der Waals surface area contributed by atoms with Gasteiger partial charge >= 0.3 is 6.61 Å². The first-order valence-electron chi connectivity index (χ1n) is 7.72. The zero-order chi connectivity index (χ0) is 19.1. The lowest BCUT2D eigenvalue weighted by molar-refractivity contribution is -0.119. The van der Waals surface area contributed by atoms with Gasteiger partial charge in [0.1, 0.15) is 11.5 Å². The molecule has 2 amide bonds. The first-order valence-corrected chi connectivity index (χ1v) is 7.72. The molecule has 6 nitrogen and oxygen atoms in total. The predicted octanol–water partition coefficient (Wildman–Crippen LogP) is 2.64. The van der Waals surface area contributed by atoms with Gasteiger partial charge in [-0.1, -0.05) is 24.3 Å². The minimum absolute atomic E-state index is 0.0347. The lowest BCUT2D eigenvalue weighted by Gasteiger charge is -2.16. The van der Waals surface area contributed by atoms with Crippen molar-refractivity contribution < 1.29 is 27.8 Å². The lowest BCUT2D eigenvalue weighted by Crippen LogP contribution is -2.28. The van der Waals surface area contributed by atoms with Crippen LogP contribution in [0.4, 0.5) is 8.78 Å². The molecule has 1 atom stereocenters. The van der Waals surface area contributed by atoms with Crippen molar-refractivity contribution in [3.63, 3.8) is 0 Å². The highest BCUT2D eigenvalue weighted by atomic mass is 19.3. The van der Waals surface area contributed by atoms with Crippen molar-refractivity contribution in [3.05, 3.63) is 59.7 Å². The number of halogens is 2. The summed E-state index contributed by atoms with van der Waals surface area (Å²) in [5.74, 6) is -0.797. The van der Waals surface area contributed by atoms with Crippen LogP contribution < -0.4 is 20.5 Å². The number of hydrogen-bond acceptors (Lipinski definition) is 4. The quantitative estimate of drug-likeness (QED) is 0.753. The standard InChI is InChI=1S/C18H18F2N2O4/c1-11(12-6-8-13(9-7-12)26-18(19)20)22-17(24)14-4-2-3-5-15(14)25-10-16(21)23/h2-9,11,18H,10H2,1H3,(H2,21,23)(H,22,24). The Morgan fingerprint density at radius 3 is 2.38 bits per heavy atom. The molecule has 0 aliphatic rings. The highest BCUT2D eigenvalue weighted by Gasteiger charge is 2.16. The van der Waals surface area contributed by atoms with Gasteiger partial charge in [-0.3, -0.25) is 9.59 Å². The Hall–Kier alpha value is -3.16. The van der Waals surface area contributed by atoms with Crippen molar-refractivity contribution in [2.45, 2.75) is 19.6 Å². The third-order valence-corrected chi connectivity index (χ3v) is 3.45. The van der Waals surface area contributed by atoms with E-state index in [9.17, 15) is 18.4 Å². The van der Waals surface area contributed by atoms with Crippen LogP contribution in [-0.2, 0) is 4.79 Å². The van der Waals surface area contributed by atoms with Crippen LogP contribution in [0.3, 0.4) is 0 Å². The Balaban J connectivity index is 2.06. The van der Waals surface area contributed by atoms with Crippen LogP contribution in [0.15, 0.2) is 48.5 Å². The molecule has 8 heteroatoms. The zero-order valence-electron chi connectivity index (χ0n) is 13.9. The van der Waals surface area contributed by atoms with Gasteiger partial charge in [-0.05, 0) is 36.8 Å². The summed E-state index contributed by atoms with van der Waals surface area (Å²) in [5, 5.41) is 2.78. The van der Waals surface area contributed by atoms with Crippen molar-refractivity contribution >= 4 is 11.8 Å². The van der Waals surface area contributed by atoms with Gasteiger partial charge in [0.25, 0.3) is 11.8 Å². The predicted molar refractivity (Wildman–Crippen MR) is 90.1 cm³/mol. The van der Waals surface area contributed by atoms with Crippen LogP contribution in [-0.4, -0.2) is 25.0 Å². The molecule has 2 aromatic rings. The first-order chi connectivity index (χ1) is 12.4. The molecule has 0 aliphatic heterocycles. The molecule has 2 aromatic carbocycles. The Labute approximate surface area is 148 Å². The van der Waals surface area contributed by atoms with E-state index in [4.69, 9.17) is 10.5 Å². The van der Waals surface area contributed by atoms with Crippen LogP contribution >= 0.6 is 0 Å². The largest absolute Gasteiger partial charge is 0.483 e. The van der Waals surface area contributed by atoms with Crippen molar-refractivity contribution in [2.75, 3.05) is 6.61 Å². The highest BCUT2D eigenvalue weighted by molar-refractivity contribution is 5.97. The molecule has 0 fully saturated rings. The Morgan fingerprint density at radius 2 is 1.77 bits per heavy atom. The number of alkyl halides is 2. The van der Waals surface area contributed by atoms with Crippen molar-refractivity contribution in [3.8, 4) is 11.5 Å². The van der Waals surface area contributed by atoms with Crippen LogP contribution in [0.1, 0.15) is 28.9 Å². The number of benzene rings is 2. The molecule has 138 valence electrons. The second-order valence-electron chi connectivity index (χ2n) is 5.39. The fourth-order valence-electron chi connectivity index (χ4n) is 2.22. The first kappa shape index (κ1) is 19.2. The summed E-state index contributed by atoms with van der Waals surface area (Å²) < 4.78 is 33.9. The molecule has 0 heterocycles. The Bertz CT molecular complexity index is 766. The van der Waals surface area contributed by atoms with Gasteiger partial charge in [-0.25, -0.2) is 0 Å². The van der Waals surface area contributed by atoms with E-state index in [2.05, 4.69) is 10.1 Å². The second kappa shape index (κ2) is 8.80. The maximum Gasteiger partial charge on any atom is 0.387 e. The van der Waals surface area contributed by atoms with E-state index in [-0.39, 0.29) is 23.7 Å². The number of rotatable bonds is 8. The van der Waals surface area contributed by atoms with Gasteiger partial charge in [-0.2, -0.15) is 8.78 Å². The molecular formula is C18H18F2N2O4. The van der Waals surface area contributed by atoms with Crippen LogP contribution in [0.5, 0.6) is 11.5 Å². The maximum atomic E-state index is 12.5. The van der Waals surface area contributed by atoms with Gasteiger partial charge in [0, 0.05) is 0 Å². The number of amides is 2. The van der Waals surface area contributed by atoms with Gasteiger partial charge in [0.2, 0.25) is 0 Å². The Kier molecular flexibility index (Phi) is 6.48. The van der Waals surface area contributed by atoms with Crippen LogP contribution in [0.25, 0.3) is 0 Å². The summed E-state index contributed by atoms with van der Waals surface area (Å²) in [4.78, 5) is 23.3. The van der Waals surface area contributed by atoms with E-state index in [1.54, 1.807) is 43.3 Å². The smallest absolute Gasteiger partial charge is 0.387 e. The number of para-hydroxylation sites is 1. The average Bonchev–Trinajstić information content (AvgIpc) is 2.60. The molecule has 0 aliphatic carbocycles. The number of carbonyl (C=O) groups is 2. The van der Waals surface area contributed by atoms with Gasteiger partial charge in [0.05, 0.1) is 11.6 Å². The van der Waals surface area contributed by atoms with E-state index < -0.39 is 24.5 Å². The molecule has 3 N–H and O–H groups in total. The van der Waals surface area contributed by atoms with Crippen molar-refractivity contribution in [2.24, 2.45) is 5.73 Å². The number of primary amides is 1. The highest BCUT2D eigenvalue weighted by Crippen LogP contribution is 2.22. The summed E-state index contributed by atoms with van der Waals surface area (Å²) in [5.41, 5.74) is 6.00. The van der Waals surface area contributed by atoms with Gasteiger partial charge in [0.15, 0.2) is 6.61 Å². The summed E-state index contributed by atoms with van der Waals surface area (Å²) in [7, 11) is 0. The third kappa shape index (κ3) is 5.44. The van der Waals surface area contributed by atoms with E-state index in [0.717, 1.165) is 0 Å². The molecule has 0 aromatic heterocycles. The fraction of sp³-hybridized carbons (Fsp3) is 0.222. The van der Waals surface area contributed by atoms with E-state index >= 15 is 0 Å². The van der Waals surface area contributed by atoms with Gasteiger partial charge in [-0.15, -0.1) is 0 Å². The zero-order valence-corrected chi connectivity index (χ0v) is 13.9. The molecule has 0 spiro atoms. The Morgan fingerprint density at radius 1 is 1.12 bits per heavy atom. The molecule has 0 saturated carbocycles. The van der Waals surface area contributed by atoms with Crippen molar-refractivity contribution in [1.82, 2.24) is 5.32 Å². The topological polar surface area (TPSA) is 90.6 Å². The number of ether oxygens (including phenoxy) is 2. The third-order valence-electron chi connectivity index (χ3n) is 3.45. The summed E-state index contributed by atoms with van der Waals surface area (Å²) >= 11 is 0. The SMILES string of the molecule is CC(NC(=O)c1ccccc1OCC(N)=O)c1ccc(OC(F)F)cc1. The molecule has 0 radical (unpaired) electrons. The van der Waals surface area contributed by atoms with E-state index in [1.807, 2.05) is 0 Å². The normalized spacial score (nSPS) is 11.7. The fourth-order valence-corrected chi connectivity index (χ4v) is 2.22. The second-order valence-corrected chi connectivity index (χ2v) is 5.39. The van der Waals surface area contributed by atoms with Gasteiger partial charge < -0.3 is 20.5 Å². The number of nitrogens with one attached hydrogen (secondary N) is 1. The minimum atomic E-state index is -2.89. The minimum Gasteiger partial charge on any atom is -0.483 e. The lowest BCUT2D eigenvalue weighted by atomic mass is 10.1. The molecule has 0 saturated heterocycles. The molecule has 0 bridgehead atoms. The van der Waals surface area contributed by atoms with Crippen LogP contribution in [0.2, 0.25) is 0 Å².